The van der Waals surface area contributed by atoms with Crippen LogP contribution in [0.1, 0.15) is 44.9 Å². The molecule has 1 heterocycles. The Hall–Kier alpha value is 0.0649. The van der Waals surface area contributed by atoms with Crippen LogP contribution in [0.5, 0.6) is 0 Å². The Morgan fingerprint density at radius 3 is 2.31 bits per heavy atom. The zero-order valence-electron chi connectivity index (χ0n) is 8.67. The van der Waals surface area contributed by atoms with Gasteiger partial charge in [-0.3, -0.25) is 0 Å². The van der Waals surface area contributed by atoms with Gasteiger partial charge in [-0.2, -0.15) is 0 Å². The Balaban J connectivity index is 1.65. The van der Waals surface area contributed by atoms with Gasteiger partial charge < -0.3 is 0 Å². The molecular weight excluding hydrogens is 155 g/mol. The van der Waals surface area contributed by atoms with Crippen molar-refractivity contribution >= 4 is 6.71 Å². The van der Waals surface area contributed by atoms with E-state index < -0.39 is 0 Å². The summed E-state index contributed by atoms with van der Waals surface area (Å²) in [7, 11) is 0. The van der Waals surface area contributed by atoms with E-state index in [1.807, 2.05) is 0 Å². The van der Waals surface area contributed by atoms with Gasteiger partial charge in [0.15, 0.2) is 0 Å². The lowest BCUT2D eigenvalue weighted by molar-refractivity contribution is 0.467. The molecule has 1 saturated heterocycles. The highest BCUT2D eigenvalue weighted by Gasteiger charge is 2.43. The van der Waals surface area contributed by atoms with Crippen molar-refractivity contribution in [3.05, 3.63) is 0 Å². The van der Waals surface area contributed by atoms with Crippen molar-refractivity contribution in [1.82, 2.24) is 0 Å². The number of rotatable bonds is 1. The summed E-state index contributed by atoms with van der Waals surface area (Å²) >= 11 is 0. The maximum Gasteiger partial charge on any atom is 0.143 e. The predicted molar refractivity (Wildman–Crippen MR) is 58.4 cm³/mol. The molecule has 0 aromatic heterocycles. The first kappa shape index (κ1) is 8.38. The minimum Gasteiger partial charge on any atom is -0.0739 e. The Labute approximate surface area is 82.6 Å². The van der Waals surface area contributed by atoms with E-state index in [1.165, 1.54) is 18.2 Å². The molecule has 0 N–H and O–H groups in total. The van der Waals surface area contributed by atoms with Gasteiger partial charge in [-0.1, -0.05) is 57.0 Å². The average molecular weight is 176 g/mol. The van der Waals surface area contributed by atoms with E-state index in [-0.39, 0.29) is 0 Å². The minimum absolute atomic E-state index is 1.16. The topological polar surface area (TPSA) is 0 Å². The first-order valence-electron chi connectivity index (χ1n) is 6.43. The second kappa shape index (κ2) is 3.33. The van der Waals surface area contributed by atoms with E-state index in [0.717, 1.165) is 12.6 Å². The Kier molecular flexibility index (Phi) is 2.15. The maximum atomic E-state index is 1.62. The van der Waals surface area contributed by atoms with Crippen LogP contribution in [0.4, 0.5) is 0 Å². The molecule has 0 spiro atoms. The molecule has 2 aliphatic carbocycles. The zero-order valence-corrected chi connectivity index (χ0v) is 8.67. The minimum atomic E-state index is 1.16. The summed E-state index contributed by atoms with van der Waals surface area (Å²) in [6.07, 6.45) is 14.2. The normalized spacial score (nSPS) is 44.3. The number of hydrogen-bond donors (Lipinski definition) is 0. The van der Waals surface area contributed by atoms with Crippen LogP contribution < -0.4 is 0 Å². The molecular formula is C12H21B. The SMILES string of the molecule is C1CCB(C2CC3CCC2C3)CC1. The second-order valence-corrected chi connectivity index (χ2v) is 5.74. The van der Waals surface area contributed by atoms with Crippen molar-refractivity contribution in [3.8, 4) is 0 Å². The summed E-state index contributed by atoms with van der Waals surface area (Å²) < 4.78 is 0. The zero-order chi connectivity index (χ0) is 8.67. The van der Waals surface area contributed by atoms with Gasteiger partial charge in [-0.05, 0) is 18.3 Å². The van der Waals surface area contributed by atoms with Crippen LogP contribution in [0.3, 0.4) is 0 Å². The van der Waals surface area contributed by atoms with Crippen LogP contribution in [0.15, 0.2) is 0 Å². The molecule has 3 aliphatic rings. The van der Waals surface area contributed by atoms with Crippen molar-refractivity contribution in [1.29, 1.82) is 0 Å². The predicted octanol–water partition coefficient (Wildman–Crippen LogP) is 3.86. The number of fused-ring (bicyclic) bond motifs is 2. The van der Waals surface area contributed by atoms with E-state index >= 15 is 0 Å². The lowest BCUT2D eigenvalue weighted by Gasteiger charge is -2.30. The summed E-state index contributed by atoms with van der Waals surface area (Å²) in [5, 5.41) is 0. The highest BCUT2D eigenvalue weighted by atomic mass is 14.4. The van der Waals surface area contributed by atoms with Gasteiger partial charge in [0, 0.05) is 0 Å². The molecule has 72 valence electrons. The van der Waals surface area contributed by atoms with Gasteiger partial charge in [0.25, 0.3) is 0 Å². The highest BCUT2D eigenvalue weighted by Crippen LogP contribution is 2.54. The first-order chi connectivity index (χ1) is 6.43. The lowest BCUT2D eigenvalue weighted by atomic mass is 9.32. The number of hydrogen-bond acceptors (Lipinski definition) is 0. The third-order valence-electron chi connectivity index (χ3n) is 5.05. The van der Waals surface area contributed by atoms with Crippen molar-refractivity contribution in [2.45, 2.75) is 63.4 Å². The maximum absolute atomic E-state index is 1.62. The molecule has 13 heavy (non-hydrogen) atoms. The van der Waals surface area contributed by atoms with Crippen LogP contribution >= 0.6 is 0 Å². The average Bonchev–Trinajstić information content (AvgIpc) is 2.80. The quantitative estimate of drug-likeness (QED) is 0.532. The summed E-state index contributed by atoms with van der Waals surface area (Å²) in [6.45, 7) is 1.16. The molecule has 3 fully saturated rings. The van der Waals surface area contributed by atoms with Crippen LogP contribution in [-0.2, 0) is 0 Å². The van der Waals surface area contributed by atoms with E-state index in [9.17, 15) is 0 Å². The second-order valence-electron chi connectivity index (χ2n) is 5.74. The molecule has 3 unspecified atom stereocenters. The van der Waals surface area contributed by atoms with Crippen LogP contribution in [0.25, 0.3) is 0 Å². The largest absolute Gasteiger partial charge is 0.143 e. The van der Waals surface area contributed by atoms with Crippen molar-refractivity contribution in [2.75, 3.05) is 0 Å². The van der Waals surface area contributed by atoms with Gasteiger partial charge in [-0.15, -0.1) is 0 Å². The van der Waals surface area contributed by atoms with Crippen LogP contribution in [0, 0.1) is 11.8 Å². The van der Waals surface area contributed by atoms with E-state index in [2.05, 4.69) is 0 Å². The molecule has 0 amide bonds. The first-order valence-corrected chi connectivity index (χ1v) is 6.43. The molecule has 3 atom stereocenters. The van der Waals surface area contributed by atoms with Gasteiger partial charge >= 0.3 is 0 Å². The van der Waals surface area contributed by atoms with E-state index in [1.54, 1.807) is 51.2 Å². The third kappa shape index (κ3) is 1.45. The van der Waals surface area contributed by atoms with Crippen LogP contribution in [0.2, 0.25) is 18.5 Å². The van der Waals surface area contributed by atoms with Crippen molar-refractivity contribution in [2.24, 2.45) is 11.8 Å². The van der Waals surface area contributed by atoms with Crippen LogP contribution in [-0.4, -0.2) is 6.71 Å². The Morgan fingerprint density at radius 1 is 0.846 bits per heavy atom. The fraction of sp³-hybridized carbons (Fsp3) is 1.00. The smallest absolute Gasteiger partial charge is 0.0739 e. The van der Waals surface area contributed by atoms with E-state index in [0.29, 0.717) is 0 Å². The molecule has 3 rings (SSSR count). The van der Waals surface area contributed by atoms with Gasteiger partial charge in [0.2, 0.25) is 0 Å². The highest BCUT2D eigenvalue weighted by molar-refractivity contribution is 6.60. The van der Waals surface area contributed by atoms with Gasteiger partial charge in [0.1, 0.15) is 6.71 Å². The molecule has 2 bridgehead atoms. The summed E-state index contributed by atoms with van der Waals surface area (Å²) in [4.78, 5) is 0. The van der Waals surface area contributed by atoms with Gasteiger partial charge in [-0.25, -0.2) is 0 Å². The fourth-order valence-corrected chi connectivity index (χ4v) is 4.43. The molecule has 1 heteroatoms. The molecule has 0 aromatic rings. The van der Waals surface area contributed by atoms with Crippen molar-refractivity contribution in [3.63, 3.8) is 0 Å². The van der Waals surface area contributed by atoms with E-state index in [4.69, 9.17) is 0 Å². The Morgan fingerprint density at radius 2 is 1.69 bits per heavy atom. The third-order valence-corrected chi connectivity index (χ3v) is 5.05. The van der Waals surface area contributed by atoms with Gasteiger partial charge in [0.05, 0.1) is 0 Å². The summed E-state index contributed by atoms with van der Waals surface area (Å²) in [5.41, 5.74) is 0. The summed E-state index contributed by atoms with van der Waals surface area (Å²) in [5.74, 6) is 3.52. The molecule has 0 radical (unpaired) electrons. The molecule has 0 nitrogen and oxygen atoms in total. The molecule has 2 saturated carbocycles. The fourth-order valence-electron chi connectivity index (χ4n) is 4.43. The monoisotopic (exact) mass is 176 g/mol. The standard InChI is InChI=1S/C12H21B/c1-2-6-13(7-3-1)12-9-10-4-5-11(12)8-10/h10-12H,1-9H2. The van der Waals surface area contributed by atoms with Crippen molar-refractivity contribution < 1.29 is 0 Å². The summed E-state index contributed by atoms with van der Waals surface area (Å²) in [6, 6.07) is 0. The molecule has 0 aromatic carbocycles. The molecule has 1 aliphatic heterocycles. The Bertz CT molecular complexity index is 184. The lowest BCUT2D eigenvalue weighted by Crippen LogP contribution is -2.26.